The maximum Gasteiger partial charge on any atom is 0.325 e. The predicted octanol–water partition coefficient (Wildman–Crippen LogP) is 3.22. The fourth-order valence-electron chi connectivity index (χ4n) is 3.41. The van der Waals surface area contributed by atoms with E-state index in [0.29, 0.717) is 0 Å². The number of halogens is 3. The minimum atomic E-state index is -4.58. The quantitative estimate of drug-likeness (QED) is 0.481. The molecule has 1 aliphatic heterocycles. The van der Waals surface area contributed by atoms with E-state index in [1.807, 2.05) is 0 Å². The van der Waals surface area contributed by atoms with E-state index in [0.717, 1.165) is 41.3 Å². The molecule has 0 aromatic heterocycles. The Morgan fingerprint density at radius 1 is 1.18 bits per heavy atom. The summed E-state index contributed by atoms with van der Waals surface area (Å²) in [5.74, 6) is -2.64. The molecule has 3 rings (SSSR count). The zero-order valence-corrected chi connectivity index (χ0v) is 20.3. The second-order valence-corrected chi connectivity index (χ2v) is 11.9. The summed E-state index contributed by atoms with van der Waals surface area (Å²) in [5.41, 5.74) is -0.0780. The van der Waals surface area contributed by atoms with Crippen molar-refractivity contribution in [1.29, 1.82) is 0 Å². The highest BCUT2D eigenvalue weighted by molar-refractivity contribution is 7.89. The highest BCUT2D eigenvalue weighted by Gasteiger charge is 2.36. The number of sulfonamides is 1. The average Bonchev–Trinajstić information content (AvgIpc) is 2.91. The number of nitrogens with zero attached hydrogens (tertiary/aromatic N) is 1. The van der Waals surface area contributed by atoms with Gasteiger partial charge in [0.1, 0.15) is 16.5 Å². The number of carbonyl (C=O) groups is 1. The molecular weight excluding hydrogens is 517 g/mol. The summed E-state index contributed by atoms with van der Waals surface area (Å²) in [4.78, 5) is 21.3. The third kappa shape index (κ3) is 6.60. The minimum absolute atomic E-state index is 0.0991. The van der Waals surface area contributed by atoms with Gasteiger partial charge in [-0.05, 0) is 49.2 Å². The maximum absolute atomic E-state index is 14.6. The van der Waals surface area contributed by atoms with Crippen LogP contribution in [-0.2, 0) is 19.1 Å². The van der Waals surface area contributed by atoms with Crippen LogP contribution in [0.15, 0.2) is 41.3 Å². The van der Waals surface area contributed by atoms with Gasteiger partial charge < -0.3 is 19.8 Å². The van der Waals surface area contributed by atoms with E-state index >= 15 is 0 Å². The number of aliphatic hydroxyl groups excluding tert-OH is 1. The van der Waals surface area contributed by atoms with Crippen LogP contribution in [0.3, 0.4) is 0 Å². The van der Waals surface area contributed by atoms with E-state index < -0.39 is 65.4 Å². The normalized spacial score (nSPS) is 21.5. The smallest absolute Gasteiger partial charge is 0.325 e. The summed E-state index contributed by atoms with van der Waals surface area (Å²) >= 11 is 5.69. The number of aliphatic hydroxyl groups is 1. The van der Waals surface area contributed by atoms with E-state index in [-0.39, 0.29) is 29.1 Å². The lowest BCUT2D eigenvalue weighted by molar-refractivity contribution is 0.102. The molecule has 0 spiro atoms. The molecule has 2 aromatic rings. The van der Waals surface area contributed by atoms with Gasteiger partial charge >= 0.3 is 7.60 Å². The van der Waals surface area contributed by atoms with Crippen molar-refractivity contribution in [3.8, 4) is 0 Å². The van der Waals surface area contributed by atoms with Gasteiger partial charge in [0.15, 0.2) is 0 Å². The van der Waals surface area contributed by atoms with Gasteiger partial charge in [-0.2, -0.15) is 4.31 Å². The number of carbonyl (C=O) groups excluding carboxylic acids is 1. The van der Waals surface area contributed by atoms with Crippen LogP contribution in [0.25, 0.3) is 0 Å². The molecule has 14 heteroatoms. The van der Waals surface area contributed by atoms with Crippen LogP contribution < -0.4 is 5.32 Å². The Labute approximate surface area is 199 Å². The molecule has 1 amide bonds. The molecule has 0 radical (unpaired) electrons. The van der Waals surface area contributed by atoms with Crippen LogP contribution in [0.1, 0.15) is 23.2 Å². The van der Waals surface area contributed by atoms with Gasteiger partial charge in [0.25, 0.3) is 5.91 Å². The summed E-state index contributed by atoms with van der Waals surface area (Å²) in [6, 6.07) is 6.12. The van der Waals surface area contributed by atoms with E-state index in [1.54, 1.807) is 0 Å². The van der Waals surface area contributed by atoms with Gasteiger partial charge in [0.05, 0.1) is 17.2 Å². The Balaban J connectivity index is 1.89. The third-order valence-electron chi connectivity index (χ3n) is 4.98. The lowest BCUT2D eigenvalue weighted by Crippen LogP contribution is -2.40. The molecule has 2 aromatic carbocycles. The molecule has 9 nitrogen and oxygen atoms in total. The predicted molar refractivity (Wildman–Crippen MR) is 120 cm³/mol. The molecule has 186 valence electrons. The summed E-state index contributed by atoms with van der Waals surface area (Å²) < 4.78 is 71.8. The number of rotatable bonds is 6. The Morgan fingerprint density at radius 3 is 2.50 bits per heavy atom. The van der Waals surface area contributed by atoms with Gasteiger partial charge in [-0.15, -0.1) is 0 Å². The molecule has 1 saturated heterocycles. The van der Waals surface area contributed by atoms with Crippen LogP contribution >= 0.6 is 19.2 Å². The molecule has 0 aliphatic carbocycles. The number of anilines is 1. The van der Waals surface area contributed by atoms with Crippen molar-refractivity contribution in [1.82, 2.24) is 4.31 Å². The van der Waals surface area contributed by atoms with Crippen molar-refractivity contribution in [2.75, 3.05) is 25.1 Å². The second-order valence-electron chi connectivity index (χ2n) is 7.81. The lowest BCUT2D eigenvalue weighted by Gasteiger charge is -2.25. The number of amides is 1. The number of nitrogens with one attached hydrogen (secondary N) is 1. The second kappa shape index (κ2) is 10.4. The van der Waals surface area contributed by atoms with Gasteiger partial charge in [0.2, 0.25) is 10.0 Å². The first-order valence-electron chi connectivity index (χ1n) is 9.99. The van der Waals surface area contributed by atoms with Crippen LogP contribution in [0, 0.1) is 11.6 Å². The Kier molecular flexibility index (Phi) is 8.14. The van der Waals surface area contributed by atoms with Crippen molar-refractivity contribution in [2.24, 2.45) is 0 Å². The van der Waals surface area contributed by atoms with Crippen molar-refractivity contribution >= 4 is 40.8 Å². The monoisotopic (exact) mass is 538 g/mol. The molecule has 1 heterocycles. The van der Waals surface area contributed by atoms with Gasteiger partial charge in [-0.1, -0.05) is 11.6 Å². The first kappa shape index (κ1) is 26.7. The molecular formula is C20H22ClF2N2O7PS. The molecule has 1 aliphatic rings. The van der Waals surface area contributed by atoms with Gasteiger partial charge in [-0.25, -0.2) is 17.2 Å². The van der Waals surface area contributed by atoms with Crippen molar-refractivity contribution in [3.63, 3.8) is 0 Å². The summed E-state index contributed by atoms with van der Waals surface area (Å²) in [6.07, 6.45) is -1.92. The lowest BCUT2D eigenvalue weighted by atomic mass is 10.1. The minimum Gasteiger partial charge on any atom is -0.392 e. The van der Waals surface area contributed by atoms with Crippen molar-refractivity contribution in [3.05, 3.63) is 58.6 Å². The zero-order chi connectivity index (χ0) is 25.3. The van der Waals surface area contributed by atoms with E-state index in [4.69, 9.17) is 16.1 Å². The fraction of sp³-hybridized carbons (Fsp3) is 0.350. The van der Waals surface area contributed by atoms with E-state index in [9.17, 15) is 36.6 Å². The average molecular weight is 539 g/mol. The first-order valence-corrected chi connectivity index (χ1v) is 13.8. The number of benzene rings is 2. The third-order valence-corrected chi connectivity index (χ3v) is 7.80. The molecule has 3 atom stereocenters. The topological polar surface area (TPSA) is 133 Å². The largest absolute Gasteiger partial charge is 0.392 e. The van der Waals surface area contributed by atoms with E-state index in [1.165, 1.54) is 6.07 Å². The first-order chi connectivity index (χ1) is 15.8. The van der Waals surface area contributed by atoms with Crippen molar-refractivity contribution < 1.29 is 41.1 Å². The van der Waals surface area contributed by atoms with Crippen LogP contribution in [-0.4, -0.2) is 60.6 Å². The van der Waals surface area contributed by atoms with Gasteiger partial charge in [-0.3, -0.25) is 9.36 Å². The molecule has 2 unspecified atom stereocenters. The standard InChI is InChI=1S/C20H22ClF2N2O7PS/c1-33(28,29)32-15-5-4-14(26)10-25(11-15)34(30,31)19-8-12(2-6-18(19)23)20(27)24-13-3-7-17(22)16(21)9-13/h2-3,6-9,14-15,26H,4-5,10-11H2,1H3,(H,24,27)(H,28,29)/t14-,15?/m1/s1. The molecule has 0 saturated carbocycles. The van der Waals surface area contributed by atoms with Crippen molar-refractivity contribution in [2.45, 2.75) is 29.9 Å². The maximum atomic E-state index is 14.6. The van der Waals surface area contributed by atoms with Gasteiger partial charge in [0, 0.05) is 31.0 Å². The summed E-state index contributed by atoms with van der Waals surface area (Å²) in [6.45, 7) is 0.149. The SMILES string of the molecule is CP(=O)(O)OC1CC[C@@H](O)CN(S(=O)(=O)c2cc(C(=O)Nc3ccc(F)c(Cl)c3)ccc2F)C1. The summed E-state index contributed by atoms with van der Waals surface area (Å²) in [7, 11) is -8.54. The van der Waals surface area contributed by atoms with Crippen LogP contribution in [0.2, 0.25) is 5.02 Å². The number of β-amino-alcohol motifs (C(OH)–C–C–N with tert-alkyl or cyclic N) is 1. The Hall–Kier alpha value is -1.92. The Morgan fingerprint density at radius 2 is 1.85 bits per heavy atom. The van der Waals surface area contributed by atoms with Crippen LogP contribution in [0.4, 0.5) is 14.5 Å². The molecule has 34 heavy (non-hydrogen) atoms. The zero-order valence-electron chi connectivity index (χ0n) is 17.8. The number of hydrogen-bond acceptors (Lipinski definition) is 6. The Bertz CT molecular complexity index is 1240. The summed E-state index contributed by atoms with van der Waals surface area (Å²) in [5, 5.41) is 12.3. The highest BCUT2D eigenvalue weighted by Crippen LogP contribution is 2.40. The molecule has 3 N–H and O–H groups in total. The molecule has 0 bridgehead atoms. The van der Waals surface area contributed by atoms with Crippen LogP contribution in [0.5, 0.6) is 0 Å². The van der Waals surface area contributed by atoms with E-state index in [2.05, 4.69) is 5.32 Å². The number of hydrogen-bond donors (Lipinski definition) is 3. The highest BCUT2D eigenvalue weighted by atomic mass is 35.5. The molecule has 1 fully saturated rings. The fourth-order valence-corrected chi connectivity index (χ4v) is 5.92.